The fraction of sp³-hybridized carbons (Fsp3) is 0.511. The van der Waals surface area contributed by atoms with E-state index in [0.29, 0.717) is 36.1 Å². The number of carbonyl (C=O) groups is 2. The molecule has 0 bridgehead atoms. The van der Waals surface area contributed by atoms with Crippen molar-refractivity contribution in [2.24, 2.45) is 33.9 Å². The Morgan fingerprint density at radius 3 is 1.39 bits per heavy atom. The van der Waals surface area contributed by atoms with Crippen LogP contribution in [0.1, 0.15) is 118 Å². The number of hydrogen-bond donors (Lipinski definition) is 5. The van der Waals surface area contributed by atoms with E-state index in [9.17, 15) is 35.9 Å². The molecule has 10 N–H and O–H groups in total. The molecule has 4 aromatic rings. The minimum Gasteiger partial charge on any atom is -0.383 e. The van der Waals surface area contributed by atoms with E-state index in [4.69, 9.17) is 28.7 Å². The second kappa shape index (κ2) is 20.5. The third kappa shape index (κ3) is 10.9. The van der Waals surface area contributed by atoms with Crippen LogP contribution in [0.2, 0.25) is 0 Å². The molecule has 2 amide bonds. The van der Waals surface area contributed by atoms with Crippen molar-refractivity contribution in [3.63, 3.8) is 0 Å². The van der Waals surface area contributed by atoms with Gasteiger partial charge in [-0.05, 0) is 98.1 Å². The Bertz CT molecular complexity index is 2210. The lowest BCUT2D eigenvalue weighted by Gasteiger charge is -2.43. The maximum atomic E-state index is 13.3. The van der Waals surface area contributed by atoms with Crippen LogP contribution in [-0.2, 0) is 12.4 Å². The van der Waals surface area contributed by atoms with Crippen molar-refractivity contribution in [1.82, 2.24) is 19.9 Å². The molecule has 2 aliphatic heterocycles. The number of rotatable bonds is 8. The normalized spacial score (nSPS) is 20.0. The molecule has 6 heterocycles. The first-order valence-electron chi connectivity index (χ1n) is 21.1. The lowest BCUT2D eigenvalue weighted by Crippen LogP contribution is -2.47. The number of primary amides is 2. The van der Waals surface area contributed by atoms with Crippen LogP contribution in [-0.4, -0.2) is 64.0 Å². The van der Waals surface area contributed by atoms with Gasteiger partial charge in [-0.25, -0.2) is 9.97 Å². The van der Waals surface area contributed by atoms with Crippen LogP contribution in [0.25, 0.3) is 0 Å². The van der Waals surface area contributed by atoms with Crippen LogP contribution in [0.15, 0.2) is 68.4 Å². The number of pyridine rings is 4. The van der Waals surface area contributed by atoms with E-state index in [1.165, 1.54) is 55.7 Å². The van der Waals surface area contributed by atoms with E-state index in [-0.39, 0.29) is 68.7 Å². The minimum absolute atomic E-state index is 0. The van der Waals surface area contributed by atoms with E-state index in [2.05, 4.69) is 26.9 Å². The number of alkyl halides is 6. The summed E-state index contributed by atoms with van der Waals surface area (Å²) in [6.07, 6.45) is 3.68. The Hall–Kier alpha value is -5.02. The molecule has 0 unspecified atom stereocenters. The van der Waals surface area contributed by atoms with Crippen molar-refractivity contribution < 1.29 is 35.9 Å². The summed E-state index contributed by atoms with van der Waals surface area (Å²) in [5, 5.41) is 0. The number of nitrogens with two attached hydrogens (primary N) is 5. The fourth-order valence-electron chi connectivity index (χ4n) is 9.78. The first kappa shape index (κ1) is 52.0. The van der Waals surface area contributed by atoms with Crippen molar-refractivity contribution in [2.75, 3.05) is 47.4 Å². The summed E-state index contributed by atoms with van der Waals surface area (Å²) in [4.78, 5) is 44.3. The smallest absolute Gasteiger partial charge is 0.383 e. The monoisotopic (exact) mass is 963 g/mol. The first-order chi connectivity index (χ1) is 30.2. The second-order valence-corrected chi connectivity index (χ2v) is 19.3. The van der Waals surface area contributed by atoms with Gasteiger partial charge in [0, 0.05) is 54.4 Å². The summed E-state index contributed by atoms with van der Waals surface area (Å²) in [5.74, 6) is 0.135. The van der Waals surface area contributed by atoms with Crippen LogP contribution in [0, 0.1) is 16.7 Å². The quantitative estimate of drug-likeness (QED) is 0.104. The molecular weight excluding hydrogens is 905 g/mol. The molecule has 2 spiro atoms. The SMILES string of the molecule is C.C.C[C@@H]1CCCC12CCN(c1nc(N)c(Sc3cccnc3C(F)(F)F)cc1C(N)=O)CC2.NC(=O)c1cc(Sc2cccnc2C(F)(F)F)c(N)nc1N1CCC2(CCC[C@H]2N)CC1. The van der Waals surface area contributed by atoms with Gasteiger partial charge in [0.2, 0.25) is 0 Å². The Kier molecular flexibility index (Phi) is 16.1. The standard InChI is InChI=1S/C22H26F3N5OS.C21H25F3N6OS.2CH4/c1-13-4-2-6-21(13)7-10-30(11-8-21)20-14(19(27)31)12-16(18(26)29-20)32-15-5-3-9-28-17(15)22(23,24)25;22-21(23,24)16-13(3-2-8-28-16)32-14-11-12(18(27)31)19(29-17(14)26)30-9-6-20(7-10-30)5-1-4-15(20)25;;/h3,5,9,12-13H,2,4,6-8,10-11H2,1H3,(H2,26,29)(H2,27,31);2-3,8,11,15H,1,4-7,9-10,25H2,(H2,26,29)(H2,27,31);2*1H4/t13-;15-;;/m11../s1. The van der Waals surface area contributed by atoms with Gasteiger partial charge in [-0.1, -0.05) is 64.6 Å². The number of halogens is 6. The molecular formula is C45H59F6N11O2S2. The van der Waals surface area contributed by atoms with Gasteiger partial charge in [0.25, 0.3) is 11.8 Å². The number of amides is 2. The van der Waals surface area contributed by atoms with Gasteiger partial charge in [0.1, 0.15) is 23.3 Å². The van der Waals surface area contributed by atoms with Gasteiger partial charge >= 0.3 is 12.4 Å². The van der Waals surface area contributed by atoms with Crippen molar-refractivity contribution in [3.05, 3.63) is 71.3 Å². The summed E-state index contributed by atoms with van der Waals surface area (Å²) in [5.41, 5.74) is 28.5. The number of hydrogen-bond acceptors (Lipinski definition) is 13. The van der Waals surface area contributed by atoms with Crippen LogP contribution in [0.3, 0.4) is 0 Å². The highest BCUT2D eigenvalue weighted by Crippen LogP contribution is 2.51. The largest absolute Gasteiger partial charge is 0.434 e. The van der Waals surface area contributed by atoms with Crippen LogP contribution in [0.4, 0.5) is 49.6 Å². The van der Waals surface area contributed by atoms with Gasteiger partial charge in [0.15, 0.2) is 11.4 Å². The molecule has 4 aromatic heterocycles. The minimum atomic E-state index is -4.62. The van der Waals surface area contributed by atoms with Crippen LogP contribution in [0.5, 0.6) is 0 Å². The zero-order valence-electron chi connectivity index (χ0n) is 35.1. The van der Waals surface area contributed by atoms with Gasteiger partial charge in [-0.2, -0.15) is 26.3 Å². The number of nitrogen functional groups attached to an aromatic ring is 2. The zero-order chi connectivity index (χ0) is 46.2. The van der Waals surface area contributed by atoms with Gasteiger partial charge < -0.3 is 38.5 Å². The number of carbonyl (C=O) groups excluding carboxylic acids is 2. The third-order valence-corrected chi connectivity index (χ3v) is 15.7. The van der Waals surface area contributed by atoms with E-state index in [1.807, 2.05) is 9.80 Å². The lowest BCUT2D eigenvalue weighted by molar-refractivity contribution is -0.144. The summed E-state index contributed by atoms with van der Waals surface area (Å²) in [6, 6.07) is 8.47. The Morgan fingerprint density at radius 2 is 1.05 bits per heavy atom. The molecule has 4 fully saturated rings. The summed E-state index contributed by atoms with van der Waals surface area (Å²) >= 11 is 1.53. The topological polar surface area (TPSA) is 222 Å². The Balaban J connectivity index is 0.000000240. The molecule has 0 aromatic carbocycles. The maximum Gasteiger partial charge on any atom is 0.434 e. The Labute approximate surface area is 389 Å². The van der Waals surface area contributed by atoms with Gasteiger partial charge in [-0.15, -0.1) is 0 Å². The van der Waals surface area contributed by atoms with Gasteiger partial charge in [0.05, 0.1) is 20.9 Å². The maximum absolute atomic E-state index is 13.3. The average molecular weight is 964 g/mol. The highest BCUT2D eigenvalue weighted by Gasteiger charge is 2.45. The highest BCUT2D eigenvalue weighted by molar-refractivity contribution is 7.99. The van der Waals surface area contributed by atoms with Crippen LogP contribution < -0.4 is 38.5 Å². The zero-order valence-corrected chi connectivity index (χ0v) is 36.8. The van der Waals surface area contributed by atoms with E-state index in [1.54, 1.807) is 0 Å². The van der Waals surface area contributed by atoms with Gasteiger partial charge in [-0.3, -0.25) is 19.6 Å². The van der Waals surface area contributed by atoms with Crippen molar-refractivity contribution in [1.29, 1.82) is 0 Å². The molecule has 360 valence electrons. The van der Waals surface area contributed by atoms with Crippen molar-refractivity contribution in [3.8, 4) is 0 Å². The molecule has 2 atom stereocenters. The van der Waals surface area contributed by atoms with E-state index < -0.39 is 35.6 Å². The Morgan fingerprint density at radius 1 is 0.652 bits per heavy atom. The van der Waals surface area contributed by atoms with E-state index in [0.717, 1.165) is 94.0 Å². The second-order valence-electron chi connectivity index (χ2n) is 17.1. The third-order valence-electron chi connectivity index (χ3n) is 13.5. The molecule has 13 nitrogen and oxygen atoms in total. The molecule has 2 saturated carbocycles. The van der Waals surface area contributed by atoms with Crippen molar-refractivity contribution >= 4 is 58.6 Å². The van der Waals surface area contributed by atoms with E-state index >= 15 is 0 Å². The molecule has 21 heteroatoms. The molecule has 66 heavy (non-hydrogen) atoms. The lowest BCUT2D eigenvalue weighted by atomic mass is 9.71. The highest BCUT2D eigenvalue weighted by atomic mass is 32.2. The summed E-state index contributed by atoms with van der Waals surface area (Å²) in [7, 11) is 0. The number of anilines is 4. The molecule has 0 radical (unpaired) electrons. The fourth-order valence-corrected chi connectivity index (χ4v) is 11.7. The molecule has 2 aliphatic carbocycles. The predicted molar refractivity (Wildman–Crippen MR) is 247 cm³/mol. The number of aromatic nitrogens is 4. The summed E-state index contributed by atoms with van der Waals surface area (Å²) < 4.78 is 79.9. The predicted octanol–water partition coefficient (Wildman–Crippen LogP) is 9.43. The summed E-state index contributed by atoms with van der Waals surface area (Å²) in [6.45, 7) is 5.11. The molecule has 4 aliphatic rings. The number of piperidine rings is 2. The van der Waals surface area contributed by atoms with Crippen molar-refractivity contribution in [2.45, 2.75) is 124 Å². The molecule has 8 rings (SSSR count). The average Bonchev–Trinajstić information content (AvgIpc) is 3.78. The van der Waals surface area contributed by atoms with Crippen LogP contribution >= 0.6 is 23.5 Å². The first-order valence-corrected chi connectivity index (χ1v) is 22.7. The molecule has 2 saturated heterocycles. The number of nitrogens with zero attached hydrogens (tertiary/aromatic N) is 6.